The molecule has 3 nitrogen and oxygen atoms in total. The molecule has 0 saturated carbocycles. The molecule has 4 heteroatoms. The van der Waals surface area contributed by atoms with Crippen LogP contribution in [-0.2, 0) is 9.22 Å². The van der Waals surface area contributed by atoms with Crippen molar-refractivity contribution < 1.29 is 9.22 Å². The van der Waals surface area contributed by atoms with E-state index < -0.39 is 9.04 Å². The van der Waals surface area contributed by atoms with E-state index in [0.29, 0.717) is 6.61 Å². The standard InChI is InChI=1S/C13H25NO2Si/c1-7-10-11(12(15)14-10)9(13(2,3)4)8-16-17(5)6/h7,9-11,17H,1,8H2,2-6H3,(H,14,15)/t9-,10-,11+/m1/s1. The number of rotatable bonds is 5. The van der Waals surface area contributed by atoms with Crippen LogP contribution in [0.3, 0.4) is 0 Å². The Morgan fingerprint density at radius 1 is 1.53 bits per heavy atom. The minimum absolute atomic E-state index is 0.0280. The van der Waals surface area contributed by atoms with Crippen molar-refractivity contribution in [1.29, 1.82) is 0 Å². The molecule has 0 unspecified atom stereocenters. The normalized spacial score (nSPS) is 26.4. The second-order valence-corrected chi connectivity index (χ2v) is 8.58. The molecular formula is C13H25NO2Si. The van der Waals surface area contributed by atoms with E-state index >= 15 is 0 Å². The van der Waals surface area contributed by atoms with Gasteiger partial charge in [0.05, 0.1) is 12.0 Å². The fraction of sp³-hybridized carbons (Fsp3) is 0.769. The second-order valence-electron chi connectivity index (χ2n) is 6.15. The van der Waals surface area contributed by atoms with Crippen LogP contribution in [0, 0.1) is 17.3 Å². The van der Waals surface area contributed by atoms with Crippen LogP contribution in [0.25, 0.3) is 0 Å². The third-order valence-electron chi connectivity index (χ3n) is 3.41. The van der Waals surface area contributed by atoms with Gasteiger partial charge in [-0.1, -0.05) is 26.8 Å². The zero-order valence-corrected chi connectivity index (χ0v) is 12.8. The van der Waals surface area contributed by atoms with Gasteiger partial charge >= 0.3 is 0 Å². The molecule has 1 heterocycles. The minimum atomic E-state index is -1.03. The highest BCUT2D eigenvalue weighted by molar-refractivity contribution is 6.48. The van der Waals surface area contributed by atoms with Crippen LogP contribution in [0.5, 0.6) is 0 Å². The molecule has 1 aliphatic rings. The van der Waals surface area contributed by atoms with Gasteiger partial charge in [-0.05, 0) is 24.4 Å². The summed E-state index contributed by atoms with van der Waals surface area (Å²) in [6.07, 6.45) is 1.83. The number of hydrogen-bond acceptors (Lipinski definition) is 2. The maximum absolute atomic E-state index is 11.7. The van der Waals surface area contributed by atoms with Crippen LogP contribution < -0.4 is 5.32 Å². The summed E-state index contributed by atoms with van der Waals surface area (Å²) in [6.45, 7) is 15.3. The highest BCUT2D eigenvalue weighted by Gasteiger charge is 2.47. The predicted molar refractivity (Wildman–Crippen MR) is 73.4 cm³/mol. The lowest BCUT2D eigenvalue weighted by Crippen LogP contribution is -2.62. The molecule has 0 aromatic rings. The van der Waals surface area contributed by atoms with Gasteiger partial charge in [0.15, 0.2) is 9.04 Å². The average Bonchev–Trinajstić information content (AvgIpc) is 2.18. The lowest BCUT2D eigenvalue weighted by molar-refractivity contribution is -0.139. The molecule has 1 amide bonds. The van der Waals surface area contributed by atoms with Crippen molar-refractivity contribution >= 4 is 14.9 Å². The average molecular weight is 255 g/mol. The van der Waals surface area contributed by atoms with Crippen molar-refractivity contribution in [2.24, 2.45) is 17.3 Å². The Hall–Kier alpha value is -0.613. The number of hydrogen-bond donors (Lipinski definition) is 1. The number of amides is 1. The Kier molecular flexibility index (Phi) is 4.55. The highest BCUT2D eigenvalue weighted by atomic mass is 28.3. The van der Waals surface area contributed by atoms with Gasteiger partial charge in [0.2, 0.25) is 5.91 Å². The van der Waals surface area contributed by atoms with Gasteiger partial charge in [-0.25, -0.2) is 0 Å². The van der Waals surface area contributed by atoms with Crippen LogP contribution in [0.4, 0.5) is 0 Å². The number of carbonyl (C=O) groups is 1. The molecule has 1 aliphatic heterocycles. The lowest BCUT2D eigenvalue weighted by Gasteiger charge is -2.45. The first-order valence-corrected chi connectivity index (χ1v) is 9.10. The molecule has 1 rings (SSSR count). The number of nitrogens with one attached hydrogen (secondary N) is 1. The summed E-state index contributed by atoms with van der Waals surface area (Å²) in [5.41, 5.74) is 0.0764. The maximum atomic E-state index is 11.7. The molecule has 1 saturated heterocycles. The SMILES string of the molecule is C=C[C@H]1NC(=O)[C@H]1[C@@H](CO[SiH](C)C)C(C)(C)C. The van der Waals surface area contributed by atoms with E-state index in [-0.39, 0.29) is 29.2 Å². The van der Waals surface area contributed by atoms with Gasteiger partial charge < -0.3 is 9.74 Å². The lowest BCUT2D eigenvalue weighted by atomic mass is 9.67. The van der Waals surface area contributed by atoms with Gasteiger partial charge in [0.25, 0.3) is 0 Å². The van der Waals surface area contributed by atoms with Crippen molar-refractivity contribution in [2.45, 2.75) is 39.9 Å². The molecule has 98 valence electrons. The number of β-lactam (4-membered cyclic amide) rings is 1. The largest absolute Gasteiger partial charge is 0.420 e. The molecule has 0 aromatic heterocycles. The van der Waals surface area contributed by atoms with E-state index in [0.717, 1.165) is 0 Å². The molecule has 0 spiro atoms. The van der Waals surface area contributed by atoms with Crippen LogP contribution in [0.1, 0.15) is 20.8 Å². The third-order valence-corrected chi connectivity index (χ3v) is 4.27. The Morgan fingerprint density at radius 2 is 2.12 bits per heavy atom. The second kappa shape index (κ2) is 5.36. The van der Waals surface area contributed by atoms with Crippen molar-refractivity contribution in [3.05, 3.63) is 12.7 Å². The van der Waals surface area contributed by atoms with Crippen LogP contribution in [-0.4, -0.2) is 27.6 Å². The first-order chi connectivity index (χ1) is 7.77. The van der Waals surface area contributed by atoms with Gasteiger partial charge in [0.1, 0.15) is 0 Å². The van der Waals surface area contributed by atoms with E-state index in [1.807, 2.05) is 6.08 Å². The summed E-state index contributed by atoms with van der Waals surface area (Å²) in [4.78, 5) is 11.7. The molecule has 17 heavy (non-hydrogen) atoms. The number of carbonyl (C=O) groups excluding carboxylic acids is 1. The summed E-state index contributed by atoms with van der Waals surface area (Å²) < 4.78 is 5.85. The summed E-state index contributed by atoms with van der Waals surface area (Å²) >= 11 is 0. The zero-order valence-electron chi connectivity index (χ0n) is 11.6. The van der Waals surface area contributed by atoms with Crippen LogP contribution >= 0.6 is 0 Å². The first-order valence-electron chi connectivity index (χ1n) is 6.32. The van der Waals surface area contributed by atoms with Gasteiger partial charge in [-0.2, -0.15) is 0 Å². The Morgan fingerprint density at radius 3 is 2.47 bits per heavy atom. The van der Waals surface area contributed by atoms with E-state index in [4.69, 9.17) is 4.43 Å². The molecule has 3 atom stereocenters. The van der Waals surface area contributed by atoms with Crippen molar-refractivity contribution in [2.75, 3.05) is 6.61 Å². The van der Waals surface area contributed by atoms with E-state index in [1.54, 1.807) is 0 Å². The van der Waals surface area contributed by atoms with E-state index in [1.165, 1.54) is 0 Å². The van der Waals surface area contributed by atoms with Gasteiger partial charge in [-0.15, -0.1) is 6.58 Å². The molecule has 0 aliphatic carbocycles. The minimum Gasteiger partial charge on any atom is -0.420 e. The third kappa shape index (κ3) is 3.42. The monoisotopic (exact) mass is 255 g/mol. The molecular weight excluding hydrogens is 230 g/mol. The summed E-state index contributed by atoms with van der Waals surface area (Å²) in [5.74, 6) is 0.429. The van der Waals surface area contributed by atoms with E-state index in [2.05, 4.69) is 45.8 Å². The van der Waals surface area contributed by atoms with Crippen LogP contribution in [0.15, 0.2) is 12.7 Å². The Balaban J connectivity index is 2.75. The topological polar surface area (TPSA) is 38.3 Å². The van der Waals surface area contributed by atoms with Crippen molar-refractivity contribution in [3.63, 3.8) is 0 Å². The fourth-order valence-electron chi connectivity index (χ4n) is 2.24. The summed E-state index contributed by atoms with van der Waals surface area (Å²) in [5, 5.41) is 2.88. The summed E-state index contributed by atoms with van der Waals surface area (Å²) in [7, 11) is -1.03. The molecule has 1 fully saturated rings. The molecule has 0 bridgehead atoms. The Bertz CT molecular complexity index is 296. The van der Waals surface area contributed by atoms with Gasteiger partial charge in [-0.3, -0.25) is 4.79 Å². The first kappa shape index (κ1) is 14.4. The highest BCUT2D eigenvalue weighted by Crippen LogP contribution is 2.38. The molecule has 0 radical (unpaired) electrons. The quantitative estimate of drug-likeness (QED) is 0.463. The molecule has 0 aromatic carbocycles. The molecule has 1 N–H and O–H groups in total. The van der Waals surface area contributed by atoms with E-state index in [9.17, 15) is 4.79 Å². The maximum Gasteiger partial charge on any atom is 0.226 e. The van der Waals surface area contributed by atoms with Gasteiger partial charge in [0, 0.05) is 6.61 Å². The van der Waals surface area contributed by atoms with Crippen molar-refractivity contribution in [1.82, 2.24) is 5.32 Å². The van der Waals surface area contributed by atoms with Crippen molar-refractivity contribution in [3.8, 4) is 0 Å². The Labute approximate surface area is 106 Å². The summed E-state index contributed by atoms with van der Waals surface area (Å²) in [6, 6.07) is 0.115. The predicted octanol–water partition coefficient (Wildman–Crippen LogP) is 1.95. The fourth-order valence-corrected chi connectivity index (χ4v) is 2.84. The smallest absolute Gasteiger partial charge is 0.226 e. The zero-order chi connectivity index (χ0) is 13.2. The van der Waals surface area contributed by atoms with Crippen LogP contribution in [0.2, 0.25) is 13.1 Å².